The molecule has 11 heteroatoms. The Morgan fingerprint density at radius 2 is 1.70 bits per heavy atom. The van der Waals surface area contributed by atoms with E-state index in [2.05, 4.69) is 14.9 Å². The Morgan fingerprint density at radius 1 is 1.06 bits per heavy atom. The average molecular weight is 495 g/mol. The van der Waals surface area contributed by atoms with E-state index in [1.807, 2.05) is 7.05 Å². The highest BCUT2D eigenvalue weighted by Gasteiger charge is 2.24. The van der Waals surface area contributed by atoms with Gasteiger partial charge in [-0.2, -0.15) is 4.72 Å². The first-order chi connectivity index (χ1) is 15.6. The highest BCUT2D eigenvalue weighted by Crippen LogP contribution is 2.27. The Balaban J connectivity index is 1.60. The molecule has 2 aromatic carbocycles. The zero-order valence-corrected chi connectivity index (χ0v) is 20.2. The molecule has 178 valence electrons. The second-order valence-electron chi connectivity index (χ2n) is 7.80. The van der Waals surface area contributed by atoms with Gasteiger partial charge in [0.2, 0.25) is 15.9 Å². The van der Waals surface area contributed by atoms with Crippen molar-refractivity contribution < 1.29 is 22.7 Å². The maximum Gasteiger partial charge on any atom is 0.253 e. The van der Waals surface area contributed by atoms with E-state index >= 15 is 0 Å². The lowest BCUT2D eigenvalue weighted by Gasteiger charge is -2.32. The summed E-state index contributed by atoms with van der Waals surface area (Å²) in [5.74, 6) is -0.257. The van der Waals surface area contributed by atoms with Crippen molar-refractivity contribution in [3.8, 4) is 5.75 Å². The van der Waals surface area contributed by atoms with Gasteiger partial charge in [-0.15, -0.1) is 0 Å². The fraction of sp³-hybridized carbons (Fsp3) is 0.364. The van der Waals surface area contributed by atoms with E-state index in [9.17, 15) is 18.0 Å². The molecule has 1 atom stereocenters. The minimum absolute atomic E-state index is 0.0553. The number of hydrogen-bond acceptors (Lipinski definition) is 6. The summed E-state index contributed by atoms with van der Waals surface area (Å²) in [5, 5.41) is 2.80. The van der Waals surface area contributed by atoms with Gasteiger partial charge in [-0.25, -0.2) is 8.42 Å². The first kappa shape index (κ1) is 25.0. The van der Waals surface area contributed by atoms with Crippen molar-refractivity contribution in [1.82, 2.24) is 14.5 Å². The maximum atomic E-state index is 12.6. The molecule has 1 aliphatic rings. The first-order valence-corrected chi connectivity index (χ1v) is 12.2. The summed E-state index contributed by atoms with van der Waals surface area (Å²) in [6, 6.07) is 9.50. The molecule has 0 spiro atoms. The number of nitrogens with zero attached hydrogens (tertiary/aromatic N) is 2. The SMILES string of the molecule is COc1ccc(S(=O)(=O)N[C@H](C)C(=O)Nc2ccc(C(=O)N3CCN(C)CC3)cc2)cc1Cl. The number of ether oxygens (including phenoxy) is 1. The summed E-state index contributed by atoms with van der Waals surface area (Å²) >= 11 is 6.01. The Morgan fingerprint density at radius 3 is 2.27 bits per heavy atom. The van der Waals surface area contributed by atoms with Gasteiger partial charge in [0.15, 0.2) is 0 Å². The van der Waals surface area contributed by atoms with E-state index in [0.29, 0.717) is 30.1 Å². The van der Waals surface area contributed by atoms with E-state index in [4.69, 9.17) is 16.3 Å². The van der Waals surface area contributed by atoms with Gasteiger partial charge in [-0.3, -0.25) is 9.59 Å². The van der Waals surface area contributed by atoms with Gasteiger partial charge in [0.1, 0.15) is 5.75 Å². The molecule has 0 radical (unpaired) electrons. The smallest absolute Gasteiger partial charge is 0.253 e. The van der Waals surface area contributed by atoms with Crippen molar-refractivity contribution in [2.24, 2.45) is 0 Å². The van der Waals surface area contributed by atoms with Crippen LogP contribution in [0.3, 0.4) is 0 Å². The number of piperazine rings is 1. The third-order valence-electron chi connectivity index (χ3n) is 5.35. The van der Waals surface area contributed by atoms with Gasteiger partial charge in [-0.1, -0.05) is 11.6 Å². The molecule has 2 N–H and O–H groups in total. The van der Waals surface area contributed by atoms with Crippen LogP contribution in [0, 0.1) is 0 Å². The highest BCUT2D eigenvalue weighted by molar-refractivity contribution is 7.89. The number of rotatable bonds is 7. The number of methoxy groups -OCH3 is 1. The van der Waals surface area contributed by atoms with Gasteiger partial charge in [0, 0.05) is 37.4 Å². The third kappa shape index (κ3) is 6.23. The summed E-state index contributed by atoms with van der Waals surface area (Å²) in [5.41, 5.74) is 0.983. The molecule has 33 heavy (non-hydrogen) atoms. The molecule has 0 aromatic heterocycles. The molecule has 9 nitrogen and oxygen atoms in total. The van der Waals surface area contributed by atoms with Crippen LogP contribution in [0.5, 0.6) is 5.75 Å². The number of sulfonamides is 1. The van der Waals surface area contributed by atoms with Crippen LogP contribution in [0.4, 0.5) is 5.69 Å². The van der Waals surface area contributed by atoms with Crippen LogP contribution in [-0.4, -0.2) is 76.4 Å². The Hall–Kier alpha value is -2.66. The van der Waals surface area contributed by atoms with E-state index in [-0.39, 0.29) is 15.8 Å². The molecular formula is C22H27ClN4O5S. The van der Waals surface area contributed by atoms with Crippen LogP contribution in [-0.2, 0) is 14.8 Å². The van der Waals surface area contributed by atoms with Crippen molar-refractivity contribution in [1.29, 1.82) is 0 Å². The number of carbonyl (C=O) groups excluding carboxylic acids is 2. The largest absolute Gasteiger partial charge is 0.495 e. The molecule has 0 saturated carbocycles. The zero-order chi connectivity index (χ0) is 24.2. The van der Waals surface area contributed by atoms with Crippen LogP contribution < -0.4 is 14.8 Å². The van der Waals surface area contributed by atoms with Crippen molar-refractivity contribution in [2.75, 3.05) is 45.7 Å². The summed E-state index contributed by atoms with van der Waals surface area (Å²) < 4.78 is 32.6. The number of likely N-dealkylation sites (N-methyl/N-ethyl adjacent to an activating group) is 1. The third-order valence-corrected chi connectivity index (χ3v) is 7.18. The van der Waals surface area contributed by atoms with Crippen molar-refractivity contribution in [3.63, 3.8) is 0 Å². The molecule has 0 aliphatic carbocycles. The molecule has 2 amide bonds. The summed E-state index contributed by atoms with van der Waals surface area (Å²) in [4.78, 5) is 29.0. The topological polar surface area (TPSA) is 108 Å². The van der Waals surface area contributed by atoms with E-state index in [1.165, 1.54) is 32.2 Å². The first-order valence-electron chi connectivity index (χ1n) is 10.4. The van der Waals surface area contributed by atoms with Crippen LogP contribution in [0.1, 0.15) is 17.3 Å². The number of anilines is 1. The monoisotopic (exact) mass is 494 g/mol. The Labute approximate surface area is 198 Å². The zero-order valence-electron chi connectivity index (χ0n) is 18.7. The van der Waals surface area contributed by atoms with Crippen molar-refractivity contribution >= 4 is 39.1 Å². The van der Waals surface area contributed by atoms with Crippen LogP contribution in [0.2, 0.25) is 5.02 Å². The summed E-state index contributed by atoms with van der Waals surface area (Å²) in [6.45, 7) is 4.44. The fourth-order valence-electron chi connectivity index (χ4n) is 3.31. The second kappa shape index (κ2) is 10.5. The highest BCUT2D eigenvalue weighted by atomic mass is 35.5. The molecule has 1 aliphatic heterocycles. The number of hydrogen-bond donors (Lipinski definition) is 2. The molecule has 3 rings (SSSR count). The van der Waals surface area contributed by atoms with Gasteiger partial charge in [0.05, 0.1) is 23.1 Å². The van der Waals surface area contributed by atoms with Crippen LogP contribution >= 0.6 is 11.6 Å². The number of carbonyl (C=O) groups is 2. The number of nitrogens with one attached hydrogen (secondary N) is 2. The minimum Gasteiger partial charge on any atom is -0.495 e. The molecular weight excluding hydrogens is 468 g/mol. The normalized spacial score (nSPS) is 15.7. The maximum absolute atomic E-state index is 12.6. The molecule has 0 unspecified atom stereocenters. The summed E-state index contributed by atoms with van der Waals surface area (Å²) in [7, 11) is -0.537. The standard InChI is InChI=1S/C22H27ClN4O5S/c1-15(25-33(30,31)18-8-9-20(32-3)19(23)14-18)21(28)24-17-6-4-16(5-7-17)22(29)27-12-10-26(2)11-13-27/h4-9,14-15,25H,10-13H2,1-3H3,(H,24,28)/t15-/m1/s1. The van der Waals surface area contributed by atoms with Crippen molar-refractivity contribution in [3.05, 3.63) is 53.1 Å². The van der Waals surface area contributed by atoms with Crippen LogP contribution in [0.25, 0.3) is 0 Å². The lowest BCUT2D eigenvalue weighted by molar-refractivity contribution is -0.117. The molecule has 1 saturated heterocycles. The van der Waals surface area contributed by atoms with Gasteiger partial charge in [-0.05, 0) is 56.4 Å². The van der Waals surface area contributed by atoms with Crippen molar-refractivity contribution in [2.45, 2.75) is 17.9 Å². The number of benzene rings is 2. The second-order valence-corrected chi connectivity index (χ2v) is 9.92. The average Bonchev–Trinajstić information content (AvgIpc) is 2.79. The molecule has 0 bridgehead atoms. The molecule has 1 heterocycles. The Bertz CT molecular complexity index is 1120. The predicted octanol–water partition coefficient (Wildman–Crippen LogP) is 2.04. The lowest BCUT2D eigenvalue weighted by atomic mass is 10.1. The summed E-state index contributed by atoms with van der Waals surface area (Å²) in [6.07, 6.45) is 0. The molecule has 2 aromatic rings. The van der Waals surface area contributed by atoms with Gasteiger partial charge >= 0.3 is 0 Å². The van der Waals surface area contributed by atoms with Gasteiger partial charge < -0.3 is 19.9 Å². The number of halogens is 1. The van der Waals surface area contributed by atoms with Crippen LogP contribution in [0.15, 0.2) is 47.4 Å². The van der Waals surface area contributed by atoms with E-state index in [0.717, 1.165) is 13.1 Å². The van der Waals surface area contributed by atoms with Gasteiger partial charge in [0.25, 0.3) is 5.91 Å². The predicted molar refractivity (Wildman–Crippen MR) is 126 cm³/mol. The number of amides is 2. The van der Waals surface area contributed by atoms with E-state index < -0.39 is 22.0 Å². The quantitative estimate of drug-likeness (QED) is 0.610. The fourth-order valence-corrected chi connectivity index (χ4v) is 4.86. The minimum atomic E-state index is -3.98. The van der Waals surface area contributed by atoms with E-state index in [1.54, 1.807) is 29.2 Å². The lowest BCUT2D eigenvalue weighted by Crippen LogP contribution is -2.47. The Kier molecular flexibility index (Phi) is 7.96. The molecule has 1 fully saturated rings.